The van der Waals surface area contributed by atoms with Crippen LogP contribution in [0, 0.1) is 0 Å². The van der Waals surface area contributed by atoms with Gasteiger partial charge in [0.2, 0.25) is 10.0 Å². The smallest absolute Gasteiger partial charge is 0.315 e. The van der Waals surface area contributed by atoms with Gasteiger partial charge in [0.15, 0.2) is 0 Å². The van der Waals surface area contributed by atoms with Crippen LogP contribution >= 0.6 is 0 Å². The Labute approximate surface area is 142 Å². The lowest BCUT2D eigenvalue weighted by Gasteiger charge is -2.24. The van der Waals surface area contributed by atoms with Crippen molar-refractivity contribution in [2.24, 2.45) is 0 Å². The standard InChI is InChI=1S/C15H23N3O5S/c1-22-12-6-7-13(14(10-12)23-2)18(24(3,20)21)9-8-16-15(19)17-11-4-5-11/h6-7,10-11H,4-5,8-9H2,1-3H3,(H2,16,17,19). The van der Waals surface area contributed by atoms with Gasteiger partial charge in [-0.1, -0.05) is 0 Å². The fourth-order valence-electron chi connectivity index (χ4n) is 2.19. The van der Waals surface area contributed by atoms with Gasteiger partial charge in [0, 0.05) is 18.7 Å². The lowest BCUT2D eigenvalue weighted by molar-refractivity contribution is 0.241. The van der Waals surface area contributed by atoms with Gasteiger partial charge in [-0.25, -0.2) is 13.2 Å². The Hall–Kier alpha value is -2.16. The molecule has 1 aliphatic carbocycles. The number of hydrogen-bond donors (Lipinski definition) is 2. The molecule has 9 heteroatoms. The maximum atomic E-state index is 12.1. The molecule has 1 aliphatic rings. The number of carbonyl (C=O) groups excluding carboxylic acids is 1. The summed E-state index contributed by atoms with van der Waals surface area (Å²) >= 11 is 0. The second-order valence-electron chi connectivity index (χ2n) is 5.55. The predicted molar refractivity (Wildman–Crippen MR) is 91.3 cm³/mol. The molecular weight excluding hydrogens is 334 g/mol. The van der Waals surface area contributed by atoms with Crippen LogP contribution in [0.2, 0.25) is 0 Å². The van der Waals surface area contributed by atoms with Crippen molar-refractivity contribution in [2.75, 3.05) is 37.9 Å². The molecule has 0 aliphatic heterocycles. The van der Waals surface area contributed by atoms with Crippen LogP contribution in [0.15, 0.2) is 18.2 Å². The third-order valence-corrected chi connectivity index (χ3v) is 4.75. The van der Waals surface area contributed by atoms with Crippen molar-refractivity contribution in [3.63, 3.8) is 0 Å². The Bertz CT molecular complexity index is 688. The highest BCUT2D eigenvalue weighted by atomic mass is 32.2. The fourth-order valence-corrected chi connectivity index (χ4v) is 3.12. The molecule has 0 saturated heterocycles. The van der Waals surface area contributed by atoms with E-state index in [0.29, 0.717) is 17.2 Å². The lowest BCUT2D eigenvalue weighted by Crippen LogP contribution is -2.42. The van der Waals surface area contributed by atoms with E-state index in [1.54, 1.807) is 18.2 Å². The molecule has 8 nitrogen and oxygen atoms in total. The third-order valence-electron chi connectivity index (χ3n) is 3.57. The summed E-state index contributed by atoms with van der Waals surface area (Å²) in [6, 6.07) is 4.85. The Morgan fingerprint density at radius 1 is 1.29 bits per heavy atom. The monoisotopic (exact) mass is 357 g/mol. The van der Waals surface area contributed by atoms with Crippen molar-refractivity contribution in [1.82, 2.24) is 10.6 Å². The summed E-state index contributed by atoms with van der Waals surface area (Å²) in [6.45, 7) is 0.278. The summed E-state index contributed by atoms with van der Waals surface area (Å²) < 4.78 is 35.8. The number of ether oxygens (including phenoxy) is 2. The fraction of sp³-hybridized carbons (Fsp3) is 0.533. The summed E-state index contributed by atoms with van der Waals surface area (Å²) in [4.78, 5) is 11.6. The van der Waals surface area contributed by atoms with Gasteiger partial charge in [0.1, 0.15) is 11.5 Å². The second-order valence-corrected chi connectivity index (χ2v) is 7.45. The van der Waals surface area contributed by atoms with Crippen molar-refractivity contribution in [3.05, 3.63) is 18.2 Å². The molecule has 2 N–H and O–H groups in total. The van der Waals surface area contributed by atoms with Gasteiger partial charge in [-0.2, -0.15) is 0 Å². The molecule has 1 fully saturated rings. The molecular formula is C15H23N3O5S. The molecule has 2 rings (SSSR count). The Balaban J connectivity index is 2.09. The highest BCUT2D eigenvalue weighted by molar-refractivity contribution is 7.92. The lowest BCUT2D eigenvalue weighted by atomic mass is 10.2. The van der Waals surface area contributed by atoms with Gasteiger partial charge in [-0.15, -0.1) is 0 Å². The number of nitrogens with one attached hydrogen (secondary N) is 2. The van der Waals surface area contributed by atoms with Crippen LogP contribution in [0.3, 0.4) is 0 Å². The molecule has 0 bridgehead atoms. The average molecular weight is 357 g/mol. The maximum absolute atomic E-state index is 12.1. The van der Waals surface area contributed by atoms with Gasteiger partial charge in [0.25, 0.3) is 0 Å². The number of benzene rings is 1. The minimum Gasteiger partial charge on any atom is -0.497 e. The number of amides is 2. The van der Waals surface area contributed by atoms with E-state index in [2.05, 4.69) is 10.6 Å². The maximum Gasteiger partial charge on any atom is 0.315 e. The second kappa shape index (κ2) is 7.61. The quantitative estimate of drug-likeness (QED) is 0.721. The molecule has 0 unspecified atom stereocenters. The van der Waals surface area contributed by atoms with E-state index in [9.17, 15) is 13.2 Å². The van der Waals surface area contributed by atoms with Crippen molar-refractivity contribution in [2.45, 2.75) is 18.9 Å². The Morgan fingerprint density at radius 3 is 2.54 bits per heavy atom. The first-order valence-electron chi connectivity index (χ1n) is 7.59. The first-order chi connectivity index (χ1) is 11.3. The van der Waals surface area contributed by atoms with E-state index in [4.69, 9.17) is 9.47 Å². The number of nitrogens with zero attached hydrogens (tertiary/aromatic N) is 1. The molecule has 0 radical (unpaired) electrons. The Kier molecular flexibility index (Phi) is 5.76. The molecule has 1 aromatic rings. The Morgan fingerprint density at radius 2 is 2.00 bits per heavy atom. The van der Waals surface area contributed by atoms with Crippen molar-refractivity contribution >= 4 is 21.7 Å². The van der Waals surface area contributed by atoms with E-state index >= 15 is 0 Å². The van der Waals surface area contributed by atoms with E-state index < -0.39 is 10.0 Å². The van der Waals surface area contributed by atoms with Crippen LogP contribution < -0.4 is 24.4 Å². The van der Waals surface area contributed by atoms with Crippen LogP contribution in [-0.2, 0) is 10.0 Å². The van der Waals surface area contributed by atoms with Gasteiger partial charge < -0.3 is 20.1 Å². The number of methoxy groups -OCH3 is 2. The van der Waals surface area contributed by atoms with E-state index in [-0.39, 0.29) is 25.2 Å². The van der Waals surface area contributed by atoms with Crippen molar-refractivity contribution in [3.8, 4) is 11.5 Å². The molecule has 134 valence electrons. The number of urea groups is 1. The minimum atomic E-state index is -3.54. The van der Waals surface area contributed by atoms with Gasteiger partial charge in [0.05, 0.1) is 32.7 Å². The molecule has 0 spiro atoms. The average Bonchev–Trinajstić information content (AvgIpc) is 3.33. The molecule has 1 aromatic carbocycles. The van der Waals surface area contributed by atoms with Crippen LogP contribution in [0.1, 0.15) is 12.8 Å². The first-order valence-corrected chi connectivity index (χ1v) is 9.44. The first kappa shape index (κ1) is 18.2. The van der Waals surface area contributed by atoms with Crippen LogP contribution in [0.5, 0.6) is 11.5 Å². The highest BCUT2D eigenvalue weighted by Gasteiger charge is 2.24. The normalized spacial score (nSPS) is 14.0. The minimum absolute atomic E-state index is 0.0968. The molecule has 24 heavy (non-hydrogen) atoms. The van der Waals surface area contributed by atoms with Crippen LogP contribution in [-0.4, -0.2) is 54.1 Å². The summed E-state index contributed by atoms with van der Waals surface area (Å²) in [7, 11) is -0.561. The largest absolute Gasteiger partial charge is 0.497 e. The molecule has 1 saturated carbocycles. The third kappa shape index (κ3) is 4.92. The summed E-state index contributed by atoms with van der Waals surface area (Å²) in [5.41, 5.74) is 0.394. The number of rotatable bonds is 8. The zero-order valence-electron chi connectivity index (χ0n) is 14.0. The predicted octanol–water partition coefficient (Wildman–Crippen LogP) is 0.931. The molecule has 0 heterocycles. The zero-order chi connectivity index (χ0) is 17.7. The number of sulfonamides is 1. The zero-order valence-corrected chi connectivity index (χ0v) is 14.9. The molecule has 0 aromatic heterocycles. The van der Waals surface area contributed by atoms with Crippen LogP contribution in [0.4, 0.5) is 10.5 Å². The number of anilines is 1. The topological polar surface area (TPSA) is 97.0 Å². The highest BCUT2D eigenvalue weighted by Crippen LogP contribution is 2.33. The summed E-state index contributed by atoms with van der Waals surface area (Å²) in [5, 5.41) is 5.45. The molecule has 0 atom stereocenters. The van der Waals surface area contributed by atoms with Gasteiger partial charge in [-0.05, 0) is 25.0 Å². The summed E-state index contributed by atoms with van der Waals surface area (Å²) in [5.74, 6) is 0.938. The van der Waals surface area contributed by atoms with Crippen molar-refractivity contribution in [1.29, 1.82) is 0 Å². The SMILES string of the molecule is COc1ccc(N(CCNC(=O)NC2CC2)S(C)(=O)=O)c(OC)c1. The van der Waals surface area contributed by atoms with E-state index in [0.717, 1.165) is 19.1 Å². The number of carbonyl (C=O) groups is 1. The summed E-state index contributed by atoms with van der Waals surface area (Å²) in [6.07, 6.45) is 3.10. The molecule has 2 amide bonds. The number of hydrogen-bond acceptors (Lipinski definition) is 5. The van der Waals surface area contributed by atoms with Gasteiger partial charge >= 0.3 is 6.03 Å². The van der Waals surface area contributed by atoms with E-state index in [1.165, 1.54) is 18.5 Å². The van der Waals surface area contributed by atoms with Crippen LogP contribution in [0.25, 0.3) is 0 Å². The van der Waals surface area contributed by atoms with Gasteiger partial charge in [-0.3, -0.25) is 4.31 Å². The van der Waals surface area contributed by atoms with Crippen molar-refractivity contribution < 1.29 is 22.7 Å². The van der Waals surface area contributed by atoms with E-state index in [1.807, 2.05) is 0 Å².